The van der Waals surface area contributed by atoms with E-state index in [0.717, 1.165) is 0 Å². The molecule has 0 aromatic heterocycles. The van der Waals surface area contributed by atoms with Crippen LogP contribution >= 0.6 is 0 Å². The Hall–Kier alpha value is -1.10. The van der Waals surface area contributed by atoms with Crippen LogP contribution in [0.2, 0.25) is 0 Å². The van der Waals surface area contributed by atoms with Crippen molar-refractivity contribution in [2.24, 2.45) is 0 Å². The second kappa shape index (κ2) is 4.95. The summed E-state index contributed by atoms with van der Waals surface area (Å²) in [7, 11) is 1.47. The number of carbonyl (C=O) groups excluding carboxylic acids is 2. The van der Waals surface area contributed by atoms with Crippen molar-refractivity contribution in [3.05, 3.63) is 0 Å². The van der Waals surface area contributed by atoms with E-state index in [2.05, 4.69) is 0 Å². The molecule has 1 amide bonds. The van der Waals surface area contributed by atoms with E-state index in [-0.39, 0.29) is 11.9 Å². The highest BCUT2D eigenvalue weighted by Crippen LogP contribution is 2.10. The minimum atomic E-state index is -0.492. The molecule has 1 aliphatic rings. The normalized spacial score (nSPS) is 22.3. The molecule has 1 atom stereocenters. The van der Waals surface area contributed by atoms with Crippen molar-refractivity contribution in [1.82, 2.24) is 4.90 Å². The van der Waals surface area contributed by atoms with Crippen molar-refractivity contribution in [2.45, 2.75) is 19.4 Å². The first-order valence-corrected chi connectivity index (χ1v) is 4.66. The molecule has 0 bridgehead atoms. The van der Waals surface area contributed by atoms with Gasteiger partial charge >= 0.3 is 6.09 Å². The highest BCUT2D eigenvalue weighted by molar-refractivity contribution is 5.85. The van der Waals surface area contributed by atoms with Gasteiger partial charge < -0.3 is 14.4 Å². The predicted molar refractivity (Wildman–Crippen MR) is 49.0 cm³/mol. The maximum absolute atomic E-state index is 11.3. The number of piperidine rings is 1. The third kappa shape index (κ3) is 2.45. The molecule has 0 unspecified atom stereocenters. The number of carbonyl (C=O) groups is 2. The summed E-state index contributed by atoms with van der Waals surface area (Å²) in [4.78, 5) is 24.0. The van der Waals surface area contributed by atoms with Crippen LogP contribution in [0.15, 0.2) is 0 Å². The van der Waals surface area contributed by atoms with Crippen LogP contribution in [0.25, 0.3) is 0 Å². The highest BCUT2D eigenvalue weighted by atomic mass is 16.6. The Kier molecular flexibility index (Phi) is 3.88. The lowest BCUT2D eigenvalue weighted by molar-refractivity contribution is -0.132. The maximum atomic E-state index is 11.3. The summed E-state index contributed by atoms with van der Waals surface area (Å²) in [5.41, 5.74) is 0. The summed E-state index contributed by atoms with van der Waals surface area (Å²) in [6.45, 7) is 2.83. The van der Waals surface area contributed by atoms with Crippen LogP contribution < -0.4 is 0 Å². The molecule has 0 aromatic carbocycles. The van der Waals surface area contributed by atoms with Crippen molar-refractivity contribution < 1.29 is 19.1 Å². The molecule has 14 heavy (non-hydrogen) atoms. The molecule has 5 nitrogen and oxygen atoms in total. The Morgan fingerprint density at radius 2 is 2.36 bits per heavy atom. The van der Waals surface area contributed by atoms with Gasteiger partial charge in [-0.05, 0) is 6.92 Å². The molecule has 0 aromatic rings. The quantitative estimate of drug-likeness (QED) is 0.650. The van der Waals surface area contributed by atoms with Crippen LogP contribution in [0.3, 0.4) is 0 Å². The molecular formula is C9H15NO4. The van der Waals surface area contributed by atoms with E-state index in [4.69, 9.17) is 9.47 Å². The average molecular weight is 201 g/mol. The summed E-state index contributed by atoms with van der Waals surface area (Å²) in [5.74, 6) is 0.0491. The maximum Gasteiger partial charge on any atom is 0.409 e. The van der Waals surface area contributed by atoms with Gasteiger partial charge in [0.15, 0.2) is 5.78 Å². The fourth-order valence-corrected chi connectivity index (χ4v) is 1.39. The minimum Gasteiger partial charge on any atom is -0.450 e. The molecule has 0 saturated carbocycles. The Morgan fingerprint density at radius 1 is 1.64 bits per heavy atom. The van der Waals surface area contributed by atoms with Crippen molar-refractivity contribution in [2.75, 3.05) is 26.8 Å². The second-order valence-corrected chi connectivity index (χ2v) is 3.09. The molecule has 0 N–H and O–H groups in total. The van der Waals surface area contributed by atoms with Crippen molar-refractivity contribution in [3.8, 4) is 0 Å². The fraction of sp³-hybridized carbons (Fsp3) is 0.778. The molecule has 1 fully saturated rings. The number of amides is 1. The number of Topliss-reactive ketones (excluding diaryl/α,β-unsaturated/α-hetero) is 1. The number of rotatable bonds is 2. The largest absolute Gasteiger partial charge is 0.450 e. The number of methoxy groups -OCH3 is 1. The minimum absolute atomic E-state index is 0.0491. The Morgan fingerprint density at radius 3 is 2.93 bits per heavy atom. The second-order valence-electron chi connectivity index (χ2n) is 3.09. The summed E-state index contributed by atoms with van der Waals surface area (Å²) < 4.78 is 9.79. The number of nitrogens with zero attached hydrogens (tertiary/aromatic N) is 1. The summed E-state index contributed by atoms with van der Waals surface area (Å²) in [6.07, 6.45) is -0.521. The van der Waals surface area contributed by atoms with Crippen molar-refractivity contribution in [3.63, 3.8) is 0 Å². The smallest absolute Gasteiger partial charge is 0.409 e. The number of hydrogen-bond donors (Lipinski definition) is 0. The molecule has 0 spiro atoms. The van der Waals surface area contributed by atoms with Gasteiger partial charge in [0.25, 0.3) is 0 Å². The first-order chi connectivity index (χ1) is 6.69. The predicted octanol–water partition coefficient (Wildman–Crippen LogP) is 0.433. The van der Waals surface area contributed by atoms with E-state index in [1.807, 2.05) is 0 Å². The zero-order chi connectivity index (χ0) is 10.6. The van der Waals surface area contributed by atoms with Crippen LogP contribution in [0.1, 0.15) is 13.3 Å². The topological polar surface area (TPSA) is 55.8 Å². The van der Waals surface area contributed by atoms with Gasteiger partial charge in [-0.15, -0.1) is 0 Å². The van der Waals surface area contributed by atoms with Gasteiger partial charge in [-0.25, -0.2) is 4.79 Å². The first kappa shape index (κ1) is 11.0. The Bertz CT molecular complexity index is 229. The lowest BCUT2D eigenvalue weighted by atomic mass is 10.1. The molecule has 0 aliphatic carbocycles. The lowest BCUT2D eigenvalue weighted by Crippen LogP contribution is -2.47. The summed E-state index contributed by atoms with van der Waals surface area (Å²) >= 11 is 0. The van der Waals surface area contributed by atoms with E-state index in [1.54, 1.807) is 6.92 Å². The van der Waals surface area contributed by atoms with Gasteiger partial charge in [0.1, 0.15) is 6.10 Å². The van der Waals surface area contributed by atoms with E-state index in [0.29, 0.717) is 26.1 Å². The molecular weight excluding hydrogens is 186 g/mol. The van der Waals surface area contributed by atoms with Crippen LogP contribution in [0.5, 0.6) is 0 Å². The summed E-state index contributed by atoms with van der Waals surface area (Å²) in [6, 6.07) is 0. The molecule has 1 aliphatic heterocycles. The van der Waals surface area contributed by atoms with E-state index >= 15 is 0 Å². The van der Waals surface area contributed by atoms with Crippen LogP contribution in [-0.4, -0.2) is 49.7 Å². The molecule has 1 heterocycles. The number of hydrogen-bond acceptors (Lipinski definition) is 4. The number of likely N-dealkylation sites (tertiary alicyclic amines) is 1. The SMILES string of the molecule is CCOC(=O)N1CCC(=O)[C@@H](OC)C1. The van der Waals surface area contributed by atoms with Crippen LogP contribution in [0, 0.1) is 0 Å². The molecule has 1 rings (SSSR count). The highest BCUT2D eigenvalue weighted by Gasteiger charge is 2.30. The number of ether oxygens (including phenoxy) is 2. The molecule has 5 heteroatoms. The fourth-order valence-electron chi connectivity index (χ4n) is 1.39. The Balaban J connectivity index is 2.49. The molecule has 1 saturated heterocycles. The summed E-state index contributed by atoms with van der Waals surface area (Å²) in [5, 5.41) is 0. The monoisotopic (exact) mass is 201 g/mol. The Labute approximate surface area is 83.0 Å². The van der Waals surface area contributed by atoms with Crippen LogP contribution in [-0.2, 0) is 14.3 Å². The first-order valence-electron chi connectivity index (χ1n) is 4.66. The standard InChI is InChI=1S/C9H15NO4/c1-3-14-9(12)10-5-4-7(11)8(6-10)13-2/h8H,3-6H2,1-2H3/t8-/m0/s1. The van der Waals surface area contributed by atoms with E-state index < -0.39 is 6.10 Å². The average Bonchev–Trinajstić information content (AvgIpc) is 2.19. The van der Waals surface area contributed by atoms with E-state index in [1.165, 1.54) is 12.0 Å². The third-order valence-corrected chi connectivity index (χ3v) is 2.18. The van der Waals surface area contributed by atoms with E-state index in [9.17, 15) is 9.59 Å². The van der Waals surface area contributed by atoms with Crippen molar-refractivity contribution in [1.29, 1.82) is 0 Å². The zero-order valence-electron chi connectivity index (χ0n) is 8.49. The molecule has 80 valence electrons. The van der Waals surface area contributed by atoms with Crippen LogP contribution in [0.4, 0.5) is 4.79 Å². The van der Waals surface area contributed by atoms with Gasteiger partial charge in [0, 0.05) is 20.1 Å². The zero-order valence-corrected chi connectivity index (χ0v) is 8.49. The van der Waals surface area contributed by atoms with Gasteiger partial charge in [-0.1, -0.05) is 0 Å². The van der Waals surface area contributed by atoms with Crippen molar-refractivity contribution >= 4 is 11.9 Å². The number of ketones is 1. The lowest BCUT2D eigenvalue weighted by Gasteiger charge is -2.29. The molecule has 0 radical (unpaired) electrons. The third-order valence-electron chi connectivity index (χ3n) is 2.18. The van der Waals surface area contributed by atoms with Gasteiger partial charge in [0.05, 0.1) is 13.2 Å². The van der Waals surface area contributed by atoms with Gasteiger partial charge in [-0.2, -0.15) is 0 Å². The van der Waals surface area contributed by atoms with Gasteiger partial charge in [-0.3, -0.25) is 4.79 Å². The van der Waals surface area contributed by atoms with Gasteiger partial charge in [0.2, 0.25) is 0 Å².